The van der Waals surface area contributed by atoms with E-state index in [1.165, 1.54) is 30.5 Å². The van der Waals surface area contributed by atoms with Crippen LogP contribution in [0.2, 0.25) is 0 Å². The molecule has 1 fully saturated rings. The number of thioether (sulfide) groups is 1. The molecule has 170 valence electrons. The van der Waals surface area contributed by atoms with E-state index in [0.717, 1.165) is 0 Å². The van der Waals surface area contributed by atoms with Crippen molar-refractivity contribution in [3.05, 3.63) is 0 Å². The van der Waals surface area contributed by atoms with Gasteiger partial charge in [0.2, 0.25) is 23.6 Å². The molecule has 1 saturated heterocycles. The van der Waals surface area contributed by atoms with Gasteiger partial charge in [-0.15, -0.1) is 0 Å². The maximum Gasteiger partial charge on any atom is 0.326 e. The molecule has 30 heavy (non-hydrogen) atoms. The Morgan fingerprint density at radius 2 is 1.83 bits per heavy atom. The minimum Gasteiger partial charge on any atom is -0.480 e. The number of carboxylic acid groups (broad SMARTS) is 1. The van der Waals surface area contributed by atoms with Crippen LogP contribution in [0.1, 0.15) is 33.1 Å². The van der Waals surface area contributed by atoms with E-state index in [4.69, 9.17) is 5.73 Å². The summed E-state index contributed by atoms with van der Waals surface area (Å²) in [7, 11) is 0. The number of nitrogens with zero attached hydrogens (tertiary/aromatic N) is 1. The van der Waals surface area contributed by atoms with Crippen LogP contribution in [0.15, 0.2) is 0 Å². The summed E-state index contributed by atoms with van der Waals surface area (Å²) in [4.78, 5) is 61.4. The number of aliphatic carboxylic acids is 1. The van der Waals surface area contributed by atoms with Gasteiger partial charge in [-0.25, -0.2) is 4.79 Å². The molecular formula is C18H31N5O6S. The minimum absolute atomic E-state index is 0.326. The van der Waals surface area contributed by atoms with Crippen molar-refractivity contribution in [1.82, 2.24) is 20.9 Å². The Morgan fingerprint density at radius 3 is 2.40 bits per heavy atom. The number of likely N-dealkylation sites (tertiary alicyclic amines) is 1. The fourth-order valence-corrected chi connectivity index (χ4v) is 3.44. The SMILES string of the molecule is CSCC[C@H](NC(=O)[C@H](C)NC(=O)CNC(=O)[C@H](C)N)C(=O)N1CCC[C@H]1C(=O)O. The number of nitrogens with two attached hydrogens (primary N) is 1. The van der Waals surface area contributed by atoms with Gasteiger partial charge in [0.1, 0.15) is 18.1 Å². The normalized spacial score (nSPS) is 18.8. The molecule has 1 rings (SSSR count). The third-order valence-electron chi connectivity index (χ3n) is 4.65. The van der Waals surface area contributed by atoms with Crippen molar-refractivity contribution in [1.29, 1.82) is 0 Å². The molecule has 11 nitrogen and oxygen atoms in total. The fraction of sp³-hybridized carbons (Fsp3) is 0.722. The molecule has 0 radical (unpaired) electrons. The molecule has 0 aromatic rings. The predicted octanol–water partition coefficient (Wildman–Crippen LogP) is -1.73. The lowest BCUT2D eigenvalue weighted by atomic mass is 10.1. The summed E-state index contributed by atoms with van der Waals surface area (Å²) in [5, 5.41) is 16.7. The summed E-state index contributed by atoms with van der Waals surface area (Å²) in [6.07, 6.45) is 3.16. The monoisotopic (exact) mass is 445 g/mol. The summed E-state index contributed by atoms with van der Waals surface area (Å²) in [6, 6.07) is -3.50. The summed E-state index contributed by atoms with van der Waals surface area (Å²) in [5.41, 5.74) is 5.39. The van der Waals surface area contributed by atoms with Crippen molar-refractivity contribution in [3.8, 4) is 0 Å². The quantitative estimate of drug-likeness (QED) is 0.250. The molecule has 1 heterocycles. The Kier molecular flexibility index (Phi) is 10.6. The van der Waals surface area contributed by atoms with E-state index in [9.17, 15) is 29.1 Å². The molecule has 0 saturated carbocycles. The third kappa shape index (κ3) is 7.82. The Hall–Kier alpha value is -2.34. The van der Waals surface area contributed by atoms with Crippen LogP contribution in [0.5, 0.6) is 0 Å². The number of carbonyl (C=O) groups excluding carboxylic acids is 4. The largest absolute Gasteiger partial charge is 0.480 e. The van der Waals surface area contributed by atoms with E-state index < -0.39 is 53.8 Å². The molecule has 6 N–H and O–H groups in total. The molecule has 0 aromatic heterocycles. The third-order valence-corrected chi connectivity index (χ3v) is 5.30. The van der Waals surface area contributed by atoms with Crippen molar-refractivity contribution < 1.29 is 29.1 Å². The van der Waals surface area contributed by atoms with Crippen molar-refractivity contribution >= 4 is 41.4 Å². The number of carbonyl (C=O) groups is 5. The molecule has 0 spiro atoms. The minimum atomic E-state index is -1.06. The van der Waals surface area contributed by atoms with Gasteiger partial charge in [-0.2, -0.15) is 11.8 Å². The molecule has 12 heteroatoms. The van der Waals surface area contributed by atoms with Gasteiger partial charge in [-0.3, -0.25) is 19.2 Å². The number of amides is 4. The number of rotatable bonds is 11. The zero-order valence-corrected chi connectivity index (χ0v) is 18.3. The van der Waals surface area contributed by atoms with Gasteiger partial charge in [0.15, 0.2) is 0 Å². The van der Waals surface area contributed by atoms with Crippen LogP contribution in [0.3, 0.4) is 0 Å². The summed E-state index contributed by atoms with van der Waals surface area (Å²) < 4.78 is 0. The highest BCUT2D eigenvalue weighted by Gasteiger charge is 2.37. The first-order valence-electron chi connectivity index (χ1n) is 9.73. The molecule has 1 aliphatic rings. The van der Waals surface area contributed by atoms with E-state index in [-0.39, 0.29) is 6.54 Å². The van der Waals surface area contributed by atoms with Gasteiger partial charge < -0.3 is 31.7 Å². The molecular weight excluding hydrogens is 414 g/mol. The van der Waals surface area contributed by atoms with Gasteiger partial charge in [-0.1, -0.05) is 0 Å². The first-order chi connectivity index (χ1) is 14.1. The zero-order chi connectivity index (χ0) is 22.8. The van der Waals surface area contributed by atoms with E-state index >= 15 is 0 Å². The average molecular weight is 446 g/mol. The number of nitrogens with one attached hydrogen (secondary N) is 3. The molecule has 0 aliphatic carbocycles. The van der Waals surface area contributed by atoms with Crippen LogP contribution >= 0.6 is 11.8 Å². The van der Waals surface area contributed by atoms with Crippen LogP contribution in [-0.4, -0.2) is 88.9 Å². The van der Waals surface area contributed by atoms with E-state index in [1.807, 2.05) is 6.26 Å². The summed E-state index contributed by atoms with van der Waals surface area (Å²) in [5.74, 6) is -2.57. The smallest absolute Gasteiger partial charge is 0.326 e. The van der Waals surface area contributed by atoms with Crippen molar-refractivity contribution in [3.63, 3.8) is 0 Å². The molecule has 0 unspecified atom stereocenters. The van der Waals surface area contributed by atoms with Gasteiger partial charge in [0.05, 0.1) is 12.6 Å². The fourth-order valence-electron chi connectivity index (χ4n) is 2.96. The second-order valence-electron chi connectivity index (χ2n) is 7.17. The van der Waals surface area contributed by atoms with Gasteiger partial charge >= 0.3 is 5.97 Å². The van der Waals surface area contributed by atoms with Crippen LogP contribution in [0.4, 0.5) is 0 Å². The number of hydrogen-bond donors (Lipinski definition) is 5. The highest BCUT2D eigenvalue weighted by molar-refractivity contribution is 7.98. The van der Waals surface area contributed by atoms with Gasteiger partial charge in [-0.05, 0) is 45.1 Å². The Balaban J connectivity index is 2.69. The number of hydrogen-bond acceptors (Lipinski definition) is 7. The van der Waals surface area contributed by atoms with Crippen LogP contribution < -0.4 is 21.7 Å². The highest BCUT2D eigenvalue weighted by atomic mass is 32.2. The Labute approximate surface area is 179 Å². The van der Waals surface area contributed by atoms with Gasteiger partial charge in [0, 0.05) is 6.54 Å². The maximum atomic E-state index is 12.9. The molecule has 4 amide bonds. The summed E-state index contributed by atoms with van der Waals surface area (Å²) >= 11 is 1.50. The average Bonchev–Trinajstić information content (AvgIpc) is 3.18. The number of carboxylic acids is 1. The van der Waals surface area contributed by atoms with Crippen molar-refractivity contribution in [2.24, 2.45) is 5.73 Å². The molecule has 0 bridgehead atoms. The second-order valence-corrected chi connectivity index (χ2v) is 8.15. The second kappa shape index (κ2) is 12.4. The topological polar surface area (TPSA) is 171 Å². The maximum absolute atomic E-state index is 12.9. The van der Waals surface area contributed by atoms with Crippen molar-refractivity contribution in [2.75, 3.05) is 25.1 Å². The van der Waals surface area contributed by atoms with Crippen LogP contribution in [0.25, 0.3) is 0 Å². The lowest BCUT2D eigenvalue weighted by Gasteiger charge is -2.28. The first-order valence-corrected chi connectivity index (χ1v) is 11.1. The molecule has 0 aromatic carbocycles. The van der Waals surface area contributed by atoms with E-state index in [2.05, 4.69) is 16.0 Å². The standard InChI is InChI=1S/C18H31N5O6S/c1-10(19)15(25)20-9-14(24)21-11(2)16(26)22-12(6-8-30-3)17(27)23-7-4-5-13(23)18(28)29/h10-13H,4-9,19H2,1-3H3,(H,20,25)(H,21,24)(H,22,26)(H,28,29)/t10-,11-,12-,13-/m0/s1. The van der Waals surface area contributed by atoms with E-state index in [0.29, 0.717) is 31.6 Å². The Bertz CT molecular complexity index is 659. The van der Waals surface area contributed by atoms with Crippen LogP contribution in [-0.2, 0) is 24.0 Å². The molecule has 1 aliphatic heterocycles. The predicted molar refractivity (Wildman–Crippen MR) is 112 cm³/mol. The molecule has 4 atom stereocenters. The zero-order valence-electron chi connectivity index (χ0n) is 17.5. The van der Waals surface area contributed by atoms with Crippen molar-refractivity contribution in [2.45, 2.75) is 57.3 Å². The Morgan fingerprint density at radius 1 is 1.17 bits per heavy atom. The van der Waals surface area contributed by atoms with Crippen LogP contribution in [0, 0.1) is 0 Å². The van der Waals surface area contributed by atoms with Gasteiger partial charge in [0.25, 0.3) is 0 Å². The summed E-state index contributed by atoms with van der Waals surface area (Å²) in [6.45, 7) is 2.92. The lowest BCUT2D eigenvalue weighted by molar-refractivity contribution is -0.149. The highest BCUT2D eigenvalue weighted by Crippen LogP contribution is 2.19. The van der Waals surface area contributed by atoms with E-state index in [1.54, 1.807) is 0 Å². The lowest BCUT2D eigenvalue weighted by Crippen LogP contribution is -2.56. The first kappa shape index (κ1) is 25.7.